The number of rotatable bonds is 3. The molecule has 76 valence electrons. The molecule has 1 aromatic rings. The zero-order valence-corrected chi connectivity index (χ0v) is 8.85. The van der Waals surface area contributed by atoms with Crippen molar-refractivity contribution in [2.45, 2.75) is 6.92 Å². The van der Waals surface area contributed by atoms with Crippen molar-refractivity contribution >= 4 is 14.0 Å². The highest BCUT2D eigenvalue weighted by Crippen LogP contribution is 2.44. The second kappa shape index (κ2) is 4.67. The van der Waals surface area contributed by atoms with E-state index in [1.807, 2.05) is 31.2 Å². The van der Waals surface area contributed by atoms with Crippen molar-refractivity contribution in [3.05, 3.63) is 41.5 Å². The lowest BCUT2D eigenvalue weighted by atomic mass is 10.1. The van der Waals surface area contributed by atoms with Gasteiger partial charge in [0.15, 0.2) is 6.16 Å². The molecule has 0 aliphatic rings. The monoisotopic (exact) mass is 213 g/mol. The molecule has 0 bridgehead atoms. The average molecular weight is 213 g/mol. The lowest BCUT2D eigenvalue weighted by molar-refractivity contribution is 0.335. The Balaban J connectivity index is 2.57. The molecular weight excluding hydrogens is 199 g/mol. The summed E-state index contributed by atoms with van der Waals surface area (Å²) >= 11 is 0. The normalized spacial score (nSPS) is 12.3. The summed E-state index contributed by atoms with van der Waals surface area (Å²) in [5, 5.41) is 0. The van der Waals surface area contributed by atoms with E-state index in [2.05, 4.69) is 0 Å². The predicted octanol–water partition coefficient (Wildman–Crippen LogP) is 1.75. The van der Waals surface area contributed by atoms with Crippen LogP contribution in [0.1, 0.15) is 11.1 Å². The van der Waals surface area contributed by atoms with Crippen molar-refractivity contribution in [3.8, 4) is 0 Å². The van der Waals surface area contributed by atoms with Crippen molar-refractivity contribution in [3.63, 3.8) is 0 Å². The van der Waals surface area contributed by atoms with Crippen LogP contribution in [0.25, 0.3) is 6.08 Å². The number of allylic oxidation sites excluding steroid dienone is 1. The third kappa shape index (κ3) is 4.49. The maximum Gasteiger partial charge on any atom is 0.407 e. The van der Waals surface area contributed by atoms with Crippen LogP contribution in [0, 0.1) is 6.92 Å². The predicted molar refractivity (Wildman–Crippen MR) is 58.7 cm³/mol. The van der Waals surface area contributed by atoms with E-state index < -0.39 is 7.94 Å². The van der Waals surface area contributed by atoms with Crippen molar-refractivity contribution in [2.75, 3.05) is 6.16 Å². The van der Waals surface area contributed by atoms with Crippen molar-refractivity contribution in [1.29, 1.82) is 0 Å². The highest BCUT2D eigenvalue weighted by Gasteiger charge is 2.26. The van der Waals surface area contributed by atoms with Gasteiger partial charge in [0.1, 0.15) is 0 Å². The van der Waals surface area contributed by atoms with Crippen LogP contribution in [0.3, 0.4) is 0 Å². The van der Waals surface area contributed by atoms with Crippen LogP contribution < -0.4 is 0 Å². The summed E-state index contributed by atoms with van der Waals surface area (Å²) in [4.78, 5) is 26.1. The smallest absolute Gasteiger partial charge is 0.193 e. The molecule has 0 heterocycles. The Morgan fingerprint density at radius 1 is 1.14 bits per heavy atom. The molecular formula is C10H14O3P+. The molecule has 0 spiro atoms. The second-order valence-electron chi connectivity index (χ2n) is 3.19. The molecule has 0 saturated heterocycles. The quantitative estimate of drug-likeness (QED) is 0.670. The summed E-state index contributed by atoms with van der Waals surface area (Å²) < 4.78 is 0. The van der Waals surface area contributed by atoms with Gasteiger partial charge in [-0.3, -0.25) is 0 Å². The highest BCUT2D eigenvalue weighted by atomic mass is 31.2. The minimum Gasteiger partial charge on any atom is -0.193 e. The summed E-state index contributed by atoms with van der Waals surface area (Å²) in [5.74, 6) is 0. The molecule has 0 aliphatic heterocycles. The Labute approximate surface area is 83.9 Å². The Hall–Kier alpha value is -0.730. The molecule has 4 heteroatoms. The van der Waals surface area contributed by atoms with Crippen LogP contribution in [-0.2, 0) is 0 Å². The topological polar surface area (TPSA) is 60.7 Å². The standard InChI is InChI=1S/C10H14O3P/c1-9-4-6-10(7-5-9)3-2-8-14(11,12)13/h2-7,11-13H,8H2,1H3/q+1. The molecule has 0 amide bonds. The summed E-state index contributed by atoms with van der Waals surface area (Å²) in [5.41, 5.74) is 2.15. The van der Waals surface area contributed by atoms with Gasteiger partial charge in [-0.2, -0.15) is 14.7 Å². The zero-order valence-electron chi connectivity index (χ0n) is 7.96. The van der Waals surface area contributed by atoms with Gasteiger partial charge in [-0.15, -0.1) is 0 Å². The summed E-state index contributed by atoms with van der Waals surface area (Å²) in [6.07, 6.45) is 3.20. The third-order valence-corrected chi connectivity index (χ3v) is 2.44. The first-order valence-electron chi connectivity index (χ1n) is 4.27. The fourth-order valence-electron chi connectivity index (χ4n) is 1.01. The minimum atomic E-state index is -3.65. The van der Waals surface area contributed by atoms with Crippen LogP contribution in [0.15, 0.2) is 30.3 Å². The summed E-state index contributed by atoms with van der Waals surface area (Å²) in [6.45, 7) is 2.00. The SMILES string of the molecule is Cc1ccc(C=CC[P+](O)(O)O)cc1. The molecule has 14 heavy (non-hydrogen) atoms. The van der Waals surface area contributed by atoms with Crippen molar-refractivity contribution in [1.82, 2.24) is 0 Å². The van der Waals surface area contributed by atoms with Crippen molar-refractivity contribution in [2.24, 2.45) is 0 Å². The molecule has 0 radical (unpaired) electrons. The van der Waals surface area contributed by atoms with Crippen molar-refractivity contribution < 1.29 is 14.7 Å². The molecule has 0 atom stereocenters. The van der Waals surface area contributed by atoms with Crippen LogP contribution in [0.2, 0.25) is 0 Å². The van der Waals surface area contributed by atoms with Crippen LogP contribution in [0.4, 0.5) is 0 Å². The van der Waals surface area contributed by atoms with Crippen LogP contribution >= 0.6 is 7.94 Å². The van der Waals surface area contributed by atoms with Gasteiger partial charge in [0.25, 0.3) is 0 Å². The van der Waals surface area contributed by atoms with E-state index in [4.69, 9.17) is 14.7 Å². The third-order valence-electron chi connectivity index (χ3n) is 1.74. The molecule has 0 fully saturated rings. The Kier molecular flexibility index (Phi) is 3.78. The van der Waals surface area contributed by atoms with Gasteiger partial charge in [-0.05, 0) is 18.6 Å². The molecule has 3 nitrogen and oxygen atoms in total. The van der Waals surface area contributed by atoms with Gasteiger partial charge >= 0.3 is 7.94 Å². The van der Waals surface area contributed by atoms with Gasteiger partial charge in [0, 0.05) is 0 Å². The number of hydrogen-bond donors (Lipinski definition) is 3. The van der Waals surface area contributed by atoms with Crippen LogP contribution in [-0.4, -0.2) is 20.8 Å². The lowest BCUT2D eigenvalue weighted by Gasteiger charge is -1.98. The Morgan fingerprint density at radius 3 is 2.21 bits per heavy atom. The largest absolute Gasteiger partial charge is 0.407 e. The lowest BCUT2D eigenvalue weighted by Crippen LogP contribution is -1.90. The highest BCUT2D eigenvalue weighted by molar-refractivity contribution is 7.58. The molecule has 0 aromatic heterocycles. The number of aryl methyl sites for hydroxylation is 1. The Morgan fingerprint density at radius 2 is 1.71 bits per heavy atom. The van der Waals surface area contributed by atoms with Gasteiger partial charge in [-0.25, -0.2) is 0 Å². The first-order valence-corrected chi connectivity index (χ1v) is 6.10. The second-order valence-corrected chi connectivity index (χ2v) is 4.94. The Bertz CT molecular complexity index is 311. The van der Waals surface area contributed by atoms with E-state index >= 15 is 0 Å². The summed E-state index contributed by atoms with van der Waals surface area (Å²) in [6, 6.07) is 7.80. The maximum absolute atomic E-state index is 8.71. The fourth-order valence-corrected chi connectivity index (χ4v) is 1.40. The molecule has 0 unspecified atom stereocenters. The summed E-state index contributed by atoms with van der Waals surface area (Å²) in [7, 11) is -3.65. The first-order chi connectivity index (χ1) is 6.47. The molecule has 0 saturated carbocycles. The van der Waals surface area contributed by atoms with Gasteiger partial charge in [0.05, 0.1) is 0 Å². The maximum atomic E-state index is 8.71. The van der Waals surface area contributed by atoms with E-state index in [1.165, 1.54) is 5.56 Å². The van der Waals surface area contributed by atoms with E-state index in [0.717, 1.165) is 5.56 Å². The average Bonchev–Trinajstić information content (AvgIpc) is 2.06. The van der Waals surface area contributed by atoms with E-state index in [1.54, 1.807) is 12.2 Å². The number of hydrogen-bond acceptors (Lipinski definition) is 3. The van der Waals surface area contributed by atoms with E-state index in [9.17, 15) is 0 Å². The van der Waals surface area contributed by atoms with Crippen LogP contribution in [0.5, 0.6) is 0 Å². The molecule has 1 rings (SSSR count). The van der Waals surface area contributed by atoms with E-state index in [-0.39, 0.29) is 6.16 Å². The first kappa shape index (κ1) is 11.3. The minimum absolute atomic E-state index is 0.0964. The molecule has 0 aliphatic carbocycles. The van der Waals surface area contributed by atoms with Gasteiger partial charge < -0.3 is 0 Å². The fraction of sp³-hybridized carbons (Fsp3) is 0.200. The van der Waals surface area contributed by atoms with Gasteiger partial charge in [0.2, 0.25) is 0 Å². The molecule has 1 aromatic carbocycles. The zero-order chi connectivity index (χ0) is 10.6. The molecule has 3 N–H and O–H groups in total. The van der Waals surface area contributed by atoms with Gasteiger partial charge in [-0.1, -0.05) is 35.9 Å². The van der Waals surface area contributed by atoms with E-state index in [0.29, 0.717) is 0 Å². The number of benzene rings is 1.